The molecule has 1 aromatic rings. The van der Waals surface area contributed by atoms with E-state index in [4.69, 9.17) is 14.2 Å². The Balaban J connectivity index is 0.978. The minimum absolute atomic E-state index is 0.00106. The zero-order chi connectivity index (χ0) is 40.4. The van der Waals surface area contributed by atoms with Crippen LogP contribution in [0.25, 0.3) is 0 Å². The van der Waals surface area contributed by atoms with Crippen LogP contribution in [0.4, 0.5) is 0 Å². The van der Waals surface area contributed by atoms with E-state index in [9.17, 15) is 34.5 Å². The first-order valence-electron chi connectivity index (χ1n) is 19.5. The standard InChI is InChI=1S/C38H60N8O10/c1-24-17-30(41-25(2)47)38(54-4)56-32(24)21-45-13-9-43(10-14-45)7-5-39-36(52)27-18-28(20-29(49)19-27)37(53)40-6-8-44-11-15-46(16-12-44)22-33-35(51)34(50)31(23-55-33)42-26(3)48/h18-20,22,24,30-32,34-35,38,49-51H,5-17,21,23H2,1-4H3,(H,39,52)(H,40,53)(H,41,47)(H,42,48)/b33-22-/t24-,30-,31+,32-,34-,35+,38+/m1/s1. The number of nitrogens with one attached hydrogen (secondary N) is 4. The summed E-state index contributed by atoms with van der Waals surface area (Å²) >= 11 is 0. The number of benzene rings is 1. The Morgan fingerprint density at radius 1 is 0.821 bits per heavy atom. The lowest BCUT2D eigenvalue weighted by Crippen LogP contribution is -2.56. The highest BCUT2D eigenvalue weighted by atomic mass is 16.7. The second-order valence-electron chi connectivity index (χ2n) is 15.2. The summed E-state index contributed by atoms with van der Waals surface area (Å²) in [5.41, 5.74) is 0.391. The molecule has 0 spiro atoms. The van der Waals surface area contributed by atoms with Crippen LogP contribution in [0.15, 0.2) is 30.2 Å². The Labute approximate surface area is 328 Å². The van der Waals surface area contributed by atoms with E-state index in [1.54, 1.807) is 13.3 Å². The maximum Gasteiger partial charge on any atom is 0.251 e. The number of piperazine rings is 2. The molecule has 312 valence electrons. The number of amides is 4. The van der Waals surface area contributed by atoms with Crippen molar-refractivity contribution in [2.24, 2.45) is 5.92 Å². The van der Waals surface area contributed by atoms with Gasteiger partial charge in [0.15, 0.2) is 6.29 Å². The quantitative estimate of drug-likeness (QED) is 0.110. The van der Waals surface area contributed by atoms with E-state index in [0.717, 1.165) is 39.1 Å². The van der Waals surface area contributed by atoms with Crippen LogP contribution in [-0.2, 0) is 23.8 Å². The molecule has 0 aromatic heterocycles. The maximum atomic E-state index is 13.0. The van der Waals surface area contributed by atoms with Gasteiger partial charge in [-0.2, -0.15) is 0 Å². The normalized spacial score (nSPS) is 28.6. The monoisotopic (exact) mass is 788 g/mol. The van der Waals surface area contributed by atoms with E-state index >= 15 is 0 Å². The molecule has 4 amide bonds. The first kappa shape index (κ1) is 43.1. The van der Waals surface area contributed by atoms with Crippen molar-refractivity contribution in [2.75, 3.05) is 98.8 Å². The van der Waals surface area contributed by atoms with Crippen molar-refractivity contribution in [1.29, 1.82) is 0 Å². The summed E-state index contributed by atoms with van der Waals surface area (Å²) in [6.45, 7) is 14.0. The van der Waals surface area contributed by atoms with Crippen molar-refractivity contribution >= 4 is 23.6 Å². The van der Waals surface area contributed by atoms with Gasteiger partial charge in [-0.1, -0.05) is 6.92 Å². The average molecular weight is 789 g/mol. The van der Waals surface area contributed by atoms with Crippen LogP contribution < -0.4 is 21.3 Å². The Morgan fingerprint density at radius 2 is 1.36 bits per heavy atom. The molecular weight excluding hydrogens is 728 g/mol. The fourth-order valence-corrected chi connectivity index (χ4v) is 7.63. The van der Waals surface area contributed by atoms with Gasteiger partial charge in [0.25, 0.3) is 11.8 Å². The molecule has 0 aliphatic carbocycles. The number of nitrogens with zero attached hydrogens (tertiary/aromatic N) is 4. The molecule has 7 atom stereocenters. The third kappa shape index (κ3) is 12.2. The molecule has 1 aromatic carbocycles. The van der Waals surface area contributed by atoms with Gasteiger partial charge >= 0.3 is 0 Å². The third-order valence-corrected chi connectivity index (χ3v) is 10.9. The second-order valence-corrected chi connectivity index (χ2v) is 15.2. The molecule has 4 fully saturated rings. The molecule has 18 nitrogen and oxygen atoms in total. The number of carbonyl (C=O) groups excluding carboxylic acids is 4. The van der Waals surface area contributed by atoms with E-state index in [0.29, 0.717) is 52.4 Å². The number of aromatic hydroxyl groups is 1. The molecule has 18 heteroatoms. The van der Waals surface area contributed by atoms with E-state index in [2.05, 4.69) is 42.9 Å². The minimum atomic E-state index is -1.25. The van der Waals surface area contributed by atoms with Gasteiger partial charge < -0.3 is 55.7 Å². The largest absolute Gasteiger partial charge is 0.508 e. The fourth-order valence-electron chi connectivity index (χ4n) is 7.63. The van der Waals surface area contributed by atoms with Crippen LogP contribution in [0, 0.1) is 5.92 Å². The van der Waals surface area contributed by atoms with Crippen molar-refractivity contribution in [1.82, 2.24) is 40.9 Å². The van der Waals surface area contributed by atoms with Gasteiger partial charge in [0.1, 0.15) is 30.3 Å². The smallest absolute Gasteiger partial charge is 0.251 e. The van der Waals surface area contributed by atoms with Gasteiger partial charge in [-0.25, -0.2) is 0 Å². The van der Waals surface area contributed by atoms with Crippen LogP contribution in [-0.4, -0.2) is 194 Å². The zero-order valence-electron chi connectivity index (χ0n) is 32.9. The van der Waals surface area contributed by atoms with E-state index in [-0.39, 0.29) is 65.0 Å². The number of methoxy groups -OCH3 is 1. The van der Waals surface area contributed by atoms with E-state index in [1.165, 1.54) is 32.0 Å². The third-order valence-electron chi connectivity index (χ3n) is 10.9. The van der Waals surface area contributed by atoms with Gasteiger partial charge in [0.2, 0.25) is 11.8 Å². The molecule has 0 saturated carbocycles. The number of hydrogen-bond donors (Lipinski definition) is 7. The highest BCUT2D eigenvalue weighted by molar-refractivity contribution is 6.00. The summed E-state index contributed by atoms with van der Waals surface area (Å²) in [5, 5.41) is 42.5. The molecule has 0 bridgehead atoms. The number of aliphatic hydroxyl groups is 2. The summed E-state index contributed by atoms with van der Waals surface area (Å²) in [4.78, 5) is 57.8. The number of aliphatic hydroxyl groups excluding tert-OH is 2. The van der Waals surface area contributed by atoms with Gasteiger partial charge in [-0.3, -0.25) is 33.9 Å². The molecule has 4 saturated heterocycles. The number of rotatable bonds is 14. The van der Waals surface area contributed by atoms with Crippen LogP contribution in [0.2, 0.25) is 0 Å². The highest BCUT2D eigenvalue weighted by Crippen LogP contribution is 2.27. The number of hydrogen-bond acceptors (Lipinski definition) is 14. The fraction of sp³-hybridized carbons (Fsp3) is 0.684. The molecule has 4 aliphatic heterocycles. The molecule has 0 radical (unpaired) electrons. The van der Waals surface area contributed by atoms with Gasteiger partial charge in [0.05, 0.1) is 18.2 Å². The second kappa shape index (κ2) is 20.4. The van der Waals surface area contributed by atoms with Crippen LogP contribution in [0.3, 0.4) is 0 Å². The molecule has 7 N–H and O–H groups in total. The number of carbonyl (C=O) groups is 4. The van der Waals surface area contributed by atoms with E-state index < -0.39 is 30.4 Å². The number of phenolic OH excluding ortho intramolecular Hbond substituents is 1. The predicted octanol–water partition coefficient (Wildman–Crippen LogP) is -1.91. The Hall–Kier alpha value is -4.04. The maximum absolute atomic E-state index is 13.0. The summed E-state index contributed by atoms with van der Waals surface area (Å²) < 4.78 is 17.4. The zero-order valence-corrected chi connectivity index (χ0v) is 32.9. The summed E-state index contributed by atoms with van der Waals surface area (Å²) in [7, 11) is 1.60. The molecular formula is C38H60N8O10. The van der Waals surface area contributed by atoms with Crippen molar-refractivity contribution in [3.8, 4) is 5.75 Å². The van der Waals surface area contributed by atoms with Crippen molar-refractivity contribution < 1.29 is 48.7 Å². The lowest BCUT2D eigenvalue weighted by Gasteiger charge is -2.43. The van der Waals surface area contributed by atoms with Gasteiger partial charge in [0, 0.05) is 123 Å². The predicted molar refractivity (Wildman–Crippen MR) is 204 cm³/mol. The Kier molecular flexibility index (Phi) is 15.7. The summed E-state index contributed by atoms with van der Waals surface area (Å²) in [6, 6.07) is 3.32. The first-order valence-corrected chi connectivity index (χ1v) is 19.5. The van der Waals surface area contributed by atoms with Gasteiger partial charge in [-0.15, -0.1) is 0 Å². The average Bonchev–Trinajstić information content (AvgIpc) is 3.16. The van der Waals surface area contributed by atoms with Crippen LogP contribution >= 0.6 is 0 Å². The number of ether oxygens (including phenoxy) is 3. The molecule has 4 heterocycles. The summed E-state index contributed by atoms with van der Waals surface area (Å²) in [6.07, 6.45) is -0.401. The lowest BCUT2D eigenvalue weighted by atomic mass is 9.91. The molecule has 4 aliphatic rings. The highest BCUT2D eigenvalue weighted by Gasteiger charge is 2.38. The number of phenols is 1. The SMILES string of the molecule is CO[C@H]1O[C@H](CN2CCN(CCNC(=O)c3cc(O)cc(C(=O)NCCN4CCN(/C=C5\OC[C@H](NC(C)=O)[C@@H](O)[C@H]5O)CC4)c3)CC2)[C@H](C)C[C@H]1NC(C)=O. The lowest BCUT2D eigenvalue weighted by molar-refractivity contribution is -0.214. The first-order chi connectivity index (χ1) is 26.8. The molecule has 5 rings (SSSR count). The summed E-state index contributed by atoms with van der Waals surface area (Å²) in [5.74, 6) is -0.832. The minimum Gasteiger partial charge on any atom is -0.508 e. The topological polar surface area (TPSA) is 218 Å². The van der Waals surface area contributed by atoms with E-state index in [1.807, 2.05) is 4.90 Å². The van der Waals surface area contributed by atoms with Crippen molar-refractivity contribution in [2.45, 2.75) is 63.9 Å². The molecule has 0 unspecified atom stereocenters. The van der Waals surface area contributed by atoms with Crippen LogP contribution in [0.1, 0.15) is 47.9 Å². The van der Waals surface area contributed by atoms with Crippen molar-refractivity contribution in [3.63, 3.8) is 0 Å². The Morgan fingerprint density at radius 3 is 1.91 bits per heavy atom. The Bertz CT molecular complexity index is 1530. The van der Waals surface area contributed by atoms with Gasteiger partial charge in [-0.05, 0) is 30.5 Å². The van der Waals surface area contributed by atoms with Crippen molar-refractivity contribution in [3.05, 3.63) is 41.3 Å². The van der Waals surface area contributed by atoms with Crippen LogP contribution in [0.5, 0.6) is 5.75 Å². The molecule has 56 heavy (non-hydrogen) atoms.